The van der Waals surface area contributed by atoms with Crippen molar-refractivity contribution < 1.29 is 9.15 Å². The highest BCUT2D eigenvalue weighted by Gasteiger charge is 2.25. The van der Waals surface area contributed by atoms with Crippen LogP contribution in [0.2, 0.25) is 0 Å². The van der Waals surface area contributed by atoms with Gasteiger partial charge in [0.25, 0.3) is 0 Å². The summed E-state index contributed by atoms with van der Waals surface area (Å²) in [7, 11) is 1.65. The lowest BCUT2D eigenvalue weighted by Gasteiger charge is -2.09. The van der Waals surface area contributed by atoms with Crippen LogP contribution >= 0.6 is 11.8 Å². The maximum atomic E-state index is 5.56. The highest BCUT2D eigenvalue weighted by Crippen LogP contribution is 2.34. The molecule has 142 valence electrons. The van der Waals surface area contributed by atoms with Crippen molar-refractivity contribution in [3.8, 4) is 23.0 Å². The molecule has 3 aromatic heterocycles. The molecule has 0 spiro atoms. The van der Waals surface area contributed by atoms with Gasteiger partial charge in [0, 0.05) is 11.9 Å². The lowest BCUT2D eigenvalue weighted by Crippen LogP contribution is -1.99. The van der Waals surface area contributed by atoms with Crippen molar-refractivity contribution in [2.75, 3.05) is 7.11 Å². The van der Waals surface area contributed by atoms with Crippen LogP contribution < -0.4 is 4.74 Å². The Kier molecular flexibility index (Phi) is 4.36. The van der Waals surface area contributed by atoms with Crippen LogP contribution in [0.25, 0.3) is 17.3 Å². The van der Waals surface area contributed by atoms with Gasteiger partial charge in [0.1, 0.15) is 5.75 Å². The molecular formula is C19H18N6O2S. The van der Waals surface area contributed by atoms with E-state index in [0.717, 1.165) is 22.3 Å². The Labute approximate surface area is 165 Å². The monoisotopic (exact) mass is 394 g/mol. The third-order valence-electron chi connectivity index (χ3n) is 4.53. The van der Waals surface area contributed by atoms with Crippen LogP contribution in [0.3, 0.4) is 0 Å². The zero-order valence-electron chi connectivity index (χ0n) is 15.2. The van der Waals surface area contributed by atoms with Crippen molar-refractivity contribution in [1.82, 2.24) is 29.8 Å². The standard InChI is InChI=1S/C19H18N6O2S/c1-26-16-8-6-15(7-9-16)25-18(17-3-2-10-27-17)21-22-19(25)28-12-13-11-24(23-20-13)14-4-5-14/h2-3,6-11,14H,4-5,12H2,1H3. The summed E-state index contributed by atoms with van der Waals surface area (Å²) in [5, 5.41) is 18.0. The molecule has 3 heterocycles. The van der Waals surface area contributed by atoms with E-state index < -0.39 is 0 Å². The van der Waals surface area contributed by atoms with Crippen LogP contribution in [0, 0.1) is 0 Å². The average Bonchev–Trinajstić information content (AvgIpc) is 3.15. The van der Waals surface area contributed by atoms with E-state index >= 15 is 0 Å². The first-order valence-corrected chi connectivity index (χ1v) is 9.97. The van der Waals surface area contributed by atoms with Gasteiger partial charge < -0.3 is 9.15 Å². The molecule has 0 radical (unpaired) electrons. The molecule has 28 heavy (non-hydrogen) atoms. The zero-order valence-corrected chi connectivity index (χ0v) is 16.0. The molecule has 0 unspecified atom stereocenters. The van der Waals surface area contributed by atoms with Crippen LogP contribution in [-0.4, -0.2) is 36.9 Å². The molecule has 1 aliphatic carbocycles. The van der Waals surface area contributed by atoms with Gasteiger partial charge in [-0.2, -0.15) is 0 Å². The molecule has 0 N–H and O–H groups in total. The molecule has 0 bridgehead atoms. The van der Waals surface area contributed by atoms with E-state index in [0.29, 0.717) is 23.4 Å². The number of aromatic nitrogens is 6. The molecule has 9 heteroatoms. The number of thioether (sulfide) groups is 1. The fourth-order valence-electron chi connectivity index (χ4n) is 2.93. The maximum Gasteiger partial charge on any atom is 0.205 e. The van der Waals surface area contributed by atoms with E-state index in [9.17, 15) is 0 Å². The Bertz CT molecular complexity index is 1070. The van der Waals surface area contributed by atoms with Crippen LogP contribution in [0.5, 0.6) is 5.75 Å². The Hall–Kier alpha value is -3.07. The summed E-state index contributed by atoms with van der Waals surface area (Å²) in [6.07, 6.45) is 6.03. The van der Waals surface area contributed by atoms with Crippen LogP contribution in [0.1, 0.15) is 24.6 Å². The summed E-state index contributed by atoms with van der Waals surface area (Å²) < 4.78 is 14.8. The second-order valence-corrected chi connectivity index (χ2v) is 7.47. The third-order valence-corrected chi connectivity index (χ3v) is 5.50. The Balaban J connectivity index is 1.46. The molecule has 1 aliphatic rings. The smallest absolute Gasteiger partial charge is 0.205 e. The first-order chi connectivity index (χ1) is 13.8. The fourth-order valence-corrected chi connectivity index (χ4v) is 3.76. The number of methoxy groups -OCH3 is 1. The van der Waals surface area contributed by atoms with E-state index in [2.05, 4.69) is 20.5 Å². The minimum atomic E-state index is 0.528. The highest BCUT2D eigenvalue weighted by atomic mass is 32.2. The summed E-state index contributed by atoms with van der Waals surface area (Å²) in [5.41, 5.74) is 1.86. The van der Waals surface area contributed by atoms with Crippen molar-refractivity contribution in [2.24, 2.45) is 0 Å². The first-order valence-electron chi connectivity index (χ1n) is 8.99. The predicted molar refractivity (Wildman–Crippen MR) is 103 cm³/mol. The number of nitrogens with zero attached hydrogens (tertiary/aromatic N) is 6. The van der Waals surface area contributed by atoms with Gasteiger partial charge in [-0.05, 0) is 49.2 Å². The molecule has 1 aromatic carbocycles. The molecule has 5 rings (SSSR count). The van der Waals surface area contributed by atoms with Crippen molar-refractivity contribution in [1.29, 1.82) is 0 Å². The quantitative estimate of drug-likeness (QED) is 0.441. The fraction of sp³-hybridized carbons (Fsp3) is 0.263. The van der Waals surface area contributed by atoms with Gasteiger partial charge in [-0.15, -0.1) is 15.3 Å². The van der Waals surface area contributed by atoms with Gasteiger partial charge in [-0.3, -0.25) is 4.57 Å². The van der Waals surface area contributed by atoms with E-state index in [4.69, 9.17) is 9.15 Å². The first kappa shape index (κ1) is 17.1. The average molecular weight is 394 g/mol. The molecule has 0 amide bonds. The van der Waals surface area contributed by atoms with E-state index in [1.807, 2.05) is 51.8 Å². The molecule has 4 aromatic rings. The molecule has 0 saturated heterocycles. The van der Waals surface area contributed by atoms with Crippen LogP contribution in [0.4, 0.5) is 0 Å². The lowest BCUT2D eigenvalue weighted by molar-refractivity contribution is 0.414. The molecular weight excluding hydrogens is 376 g/mol. The van der Waals surface area contributed by atoms with Gasteiger partial charge in [0.05, 0.1) is 30.8 Å². The second-order valence-electron chi connectivity index (χ2n) is 6.53. The number of hydrogen-bond acceptors (Lipinski definition) is 7. The van der Waals surface area contributed by atoms with E-state index in [1.165, 1.54) is 12.8 Å². The number of hydrogen-bond donors (Lipinski definition) is 0. The summed E-state index contributed by atoms with van der Waals surface area (Å²) >= 11 is 1.57. The predicted octanol–water partition coefficient (Wildman–Crippen LogP) is 3.75. The number of ether oxygens (including phenoxy) is 1. The number of benzene rings is 1. The lowest BCUT2D eigenvalue weighted by atomic mass is 10.3. The van der Waals surface area contributed by atoms with Crippen LogP contribution in [0.15, 0.2) is 58.4 Å². The van der Waals surface area contributed by atoms with Crippen molar-refractivity contribution in [3.05, 3.63) is 54.6 Å². The van der Waals surface area contributed by atoms with Gasteiger partial charge in [-0.25, -0.2) is 4.68 Å². The molecule has 8 nitrogen and oxygen atoms in total. The van der Waals surface area contributed by atoms with E-state index in [1.54, 1.807) is 25.1 Å². The van der Waals surface area contributed by atoms with Crippen molar-refractivity contribution >= 4 is 11.8 Å². The summed E-state index contributed by atoms with van der Waals surface area (Å²) in [6.45, 7) is 0. The van der Waals surface area contributed by atoms with Gasteiger partial charge in [0.2, 0.25) is 5.82 Å². The summed E-state index contributed by atoms with van der Waals surface area (Å²) in [5.74, 6) is 2.77. The molecule has 0 aliphatic heterocycles. The van der Waals surface area contributed by atoms with Gasteiger partial charge in [-0.1, -0.05) is 17.0 Å². The Morgan fingerprint density at radius 2 is 2.00 bits per heavy atom. The highest BCUT2D eigenvalue weighted by molar-refractivity contribution is 7.98. The van der Waals surface area contributed by atoms with Gasteiger partial charge >= 0.3 is 0 Å². The van der Waals surface area contributed by atoms with E-state index in [-0.39, 0.29) is 0 Å². The summed E-state index contributed by atoms with van der Waals surface area (Å²) in [6, 6.07) is 12.0. The SMILES string of the molecule is COc1ccc(-n2c(SCc3cn(C4CC4)nn3)nnc2-c2ccco2)cc1. The Morgan fingerprint density at radius 3 is 2.71 bits per heavy atom. The van der Waals surface area contributed by atoms with Crippen molar-refractivity contribution in [2.45, 2.75) is 29.8 Å². The van der Waals surface area contributed by atoms with Crippen LogP contribution in [-0.2, 0) is 5.75 Å². The van der Waals surface area contributed by atoms with Gasteiger partial charge in [0.15, 0.2) is 10.9 Å². The number of rotatable bonds is 7. The maximum absolute atomic E-state index is 5.56. The van der Waals surface area contributed by atoms with Crippen molar-refractivity contribution in [3.63, 3.8) is 0 Å². The minimum absolute atomic E-state index is 0.528. The minimum Gasteiger partial charge on any atom is -0.497 e. The normalized spacial score (nSPS) is 13.8. The molecule has 1 fully saturated rings. The largest absolute Gasteiger partial charge is 0.497 e. The number of furan rings is 1. The zero-order chi connectivity index (χ0) is 18.9. The summed E-state index contributed by atoms with van der Waals surface area (Å²) in [4.78, 5) is 0. The second kappa shape index (κ2) is 7.16. The third kappa shape index (κ3) is 3.29. The Morgan fingerprint density at radius 1 is 1.14 bits per heavy atom. The molecule has 1 saturated carbocycles. The topological polar surface area (TPSA) is 83.8 Å². The molecule has 0 atom stereocenters.